The van der Waals surface area contributed by atoms with Gasteiger partial charge in [-0.15, -0.1) is 0 Å². The first kappa shape index (κ1) is 16.2. The van der Waals surface area contributed by atoms with Gasteiger partial charge in [-0.05, 0) is 17.1 Å². The molecule has 8 nitrogen and oxygen atoms in total. The van der Waals surface area contributed by atoms with Gasteiger partial charge in [0.2, 0.25) is 0 Å². The predicted molar refractivity (Wildman–Crippen MR) is 72.2 cm³/mol. The highest BCUT2D eigenvalue weighted by Gasteiger charge is 2.31. The molecule has 0 unspecified atom stereocenters. The van der Waals surface area contributed by atoms with Crippen molar-refractivity contribution in [1.82, 2.24) is 14.5 Å². The van der Waals surface area contributed by atoms with Crippen LogP contribution in [-0.4, -0.2) is 32.2 Å². The molecule has 0 amide bonds. The van der Waals surface area contributed by atoms with Gasteiger partial charge >= 0.3 is 18.0 Å². The number of ether oxygens (including phenoxy) is 2. The average Bonchev–Trinajstić information content (AvgIpc) is 2.96. The topological polar surface area (TPSA) is 92.3 Å². The highest BCUT2D eigenvalue weighted by Crippen LogP contribution is 2.28. The van der Waals surface area contributed by atoms with Crippen molar-refractivity contribution in [2.24, 2.45) is 0 Å². The molecule has 3 rings (SSSR count). The minimum Gasteiger partial charge on any atom is -0.443 e. The van der Waals surface area contributed by atoms with Crippen LogP contribution in [0.25, 0.3) is 0 Å². The monoisotopic (exact) mass is 344 g/mol. The van der Waals surface area contributed by atoms with Crippen molar-refractivity contribution in [1.29, 1.82) is 0 Å². The van der Waals surface area contributed by atoms with Gasteiger partial charge in [-0.2, -0.15) is 13.2 Å². The molecule has 0 bridgehead atoms. The molecule has 1 aliphatic heterocycles. The van der Waals surface area contributed by atoms with Crippen LogP contribution in [-0.2, 0) is 24.1 Å². The van der Waals surface area contributed by atoms with Crippen molar-refractivity contribution in [3.05, 3.63) is 45.9 Å². The van der Waals surface area contributed by atoms with Gasteiger partial charge in [-0.1, -0.05) is 0 Å². The third kappa shape index (κ3) is 3.45. The van der Waals surface area contributed by atoms with Crippen LogP contribution in [0, 0.1) is 10.1 Å². The first-order valence-electron chi connectivity index (χ1n) is 6.81. The summed E-state index contributed by atoms with van der Waals surface area (Å²) >= 11 is 0. The summed E-state index contributed by atoms with van der Waals surface area (Å²) in [5.41, 5.74) is -0.493. The van der Waals surface area contributed by atoms with Crippen molar-refractivity contribution in [2.75, 3.05) is 6.61 Å². The van der Waals surface area contributed by atoms with Crippen molar-refractivity contribution in [2.45, 2.75) is 25.4 Å². The number of hydrogen-bond donors (Lipinski definition) is 0. The van der Waals surface area contributed by atoms with Crippen LogP contribution in [0.3, 0.4) is 0 Å². The van der Waals surface area contributed by atoms with Crippen molar-refractivity contribution < 1.29 is 27.6 Å². The Morgan fingerprint density at radius 1 is 1.46 bits per heavy atom. The van der Waals surface area contributed by atoms with E-state index in [2.05, 4.69) is 9.97 Å². The first-order chi connectivity index (χ1) is 11.3. The summed E-state index contributed by atoms with van der Waals surface area (Å²) in [4.78, 5) is 17.4. The number of halogens is 3. The van der Waals surface area contributed by atoms with Gasteiger partial charge in [0.05, 0.1) is 24.4 Å². The fourth-order valence-electron chi connectivity index (χ4n) is 2.14. The van der Waals surface area contributed by atoms with Crippen LogP contribution in [0.1, 0.15) is 11.3 Å². The number of fused-ring (bicyclic) bond motifs is 1. The molecular formula is C13H11F3N4O4. The van der Waals surface area contributed by atoms with Gasteiger partial charge in [-0.25, -0.2) is 0 Å². The van der Waals surface area contributed by atoms with E-state index in [0.29, 0.717) is 5.69 Å². The lowest BCUT2D eigenvalue weighted by molar-refractivity contribution is -0.389. The average molecular weight is 344 g/mol. The zero-order chi connectivity index (χ0) is 17.3. The van der Waals surface area contributed by atoms with E-state index < -0.39 is 22.8 Å². The first-order valence-corrected chi connectivity index (χ1v) is 6.81. The third-order valence-corrected chi connectivity index (χ3v) is 3.33. The molecule has 1 atom stereocenters. The van der Waals surface area contributed by atoms with E-state index in [9.17, 15) is 23.3 Å². The third-order valence-electron chi connectivity index (χ3n) is 3.33. The van der Waals surface area contributed by atoms with Crippen LogP contribution in [0.5, 0.6) is 6.01 Å². The largest absolute Gasteiger partial charge is 0.443 e. The number of alkyl halides is 3. The van der Waals surface area contributed by atoms with E-state index >= 15 is 0 Å². The molecule has 0 saturated heterocycles. The number of imidazole rings is 1. The van der Waals surface area contributed by atoms with E-state index in [4.69, 9.17) is 9.47 Å². The van der Waals surface area contributed by atoms with Gasteiger partial charge in [-0.3, -0.25) is 9.55 Å². The highest BCUT2D eigenvalue weighted by molar-refractivity contribution is 5.21. The smallest absolute Gasteiger partial charge is 0.417 e. The molecule has 3 heterocycles. The maximum atomic E-state index is 12.5. The quantitative estimate of drug-likeness (QED) is 0.623. The number of rotatable bonds is 4. The summed E-state index contributed by atoms with van der Waals surface area (Å²) in [5, 5.41) is 10.7. The van der Waals surface area contributed by atoms with Crippen LogP contribution in [0.2, 0.25) is 0 Å². The Balaban J connectivity index is 1.58. The molecule has 11 heteroatoms. The van der Waals surface area contributed by atoms with Crippen LogP contribution in [0.15, 0.2) is 24.5 Å². The molecule has 2 aromatic rings. The number of nitro groups is 1. The van der Waals surface area contributed by atoms with Crippen molar-refractivity contribution >= 4 is 5.82 Å². The number of aromatic nitrogens is 3. The standard InChI is InChI=1S/C13H11F3N4O4/c14-13(15,16)8-1-2-9(17-3-8)6-23-10-4-19-5-11(20(21)22)18-12(19)24-7-10/h1-3,5,10H,4,6-7H2/t10-/m0/s1. The molecule has 128 valence electrons. The SMILES string of the molecule is O=[N+]([O-])c1cn2c(n1)OC[C@@H](OCc1ccc(C(F)(F)F)cn1)C2. The number of nitrogens with zero attached hydrogens (tertiary/aromatic N) is 4. The summed E-state index contributed by atoms with van der Waals surface area (Å²) in [6, 6.07) is 2.30. The molecular weight excluding hydrogens is 333 g/mol. The summed E-state index contributed by atoms with van der Waals surface area (Å²) in [7, 11) is 0. The molecule has 0 saturated carbocycles. The van der Waals surface area contributed by atoms with Crippen molar-refractivity contribution in [3.63, 3.8) is 0 Å². The van der Waals surface area contributed by atoms with Gasteiger partial charge in [0.1, 0.15) is 18.9 Å². The molecule has 24 heavy (non-hydrogen) atoms. The summed E-state index contributed by atoms with van der Waals surface area (Å²) in [6.07, 6.45) is -2.87. The van der Waals surface area contributed by atoms with Gasteiger partial charge in [0.25, 0.3) is 0 Å². The fraction of sp³-hybridized carbons (Fsp3) is 0.385. The highest BCUT2D eigenvalue weighted by atomic mass is 19.4. The Morgan fingerprint density at radius 2 is 2.25 bits per heavy atom. The van der Waals surface area contributed by atoms with E-state index in [1.165, 1.54) is 16.8 Å². The lowest BCUT2D eigenvalue weighted by Crippen LogP contribution is -2.32. The zero-order valence-corrected chi connectivity index (χ0v) is 12.1. The Hall–Kier alpha value is -2.69. The van der Waals surface area contributed by atoms with Gasteiger partial charge in [0.15, 0.2) is 0 Å². The summed E-state index contributed by atoms with van der Waals surface area (Å²) < 4.78 is 49.6. The molecule has 0 spiro atoms. The summed E-state index contributed by atoms with van der Waals surface area (Å²) in [6.45, 7) is 0.421. The Morgan fingerprint density at radius 3 is 2.88 bits per heavy atom. The lowest BCUT2D eigenvalue weighted by Gasteiger charge is -2.22. The molecule has 0 radical (unpaired) electrons. The number of hydrogen-bond acceptors (Lipinski definition) is 6. The van der Waals surface area contributed by atoms with E-state index in [1.807, 2.05) is 0 Å². The van der Waals surface area contributed by atoms with E-state index in [0.717, 1.165) is 12.3 Å². The zero-order valence-electron chi connectivity index (χ0n) is 12.1. The molecule has 0 N–H and O–H groups in total. The normalized spacial score (nSPS) is 17.2. The minimum atomic E-state index is -4.43. The molecule has 1 aliphatic rings. The lowest BCUT2D eigenvalue weighted by atomic mass is 10.2. The van der Waals surface area contributed by atoms with Crippen LogP contribution < -0.4 is 4.74 Å². The van der Waals surface area contributed by atoms with Gasteiger partial charge in [0, 0.05) is 11.2 Å². The predicted octanol–water partition coefficient (Wildman–Crippen LogP) is 2.18. The van der Waals surface area contributed by atoms with E-state index in [-0.39, 0.29) is 31.6 Å². The maximum Gasteiger partial charge on any atom is 0.417 e. The fourth-order valence-corrected chi connectivity index (χ4v) is 2.14. The summed E-state index contributed by atoms with van der Waals surface area (Å²) in [5.74, 6) is -0.324. The molecule has 0 fully saturated rings. The van der Waals surface area contributed by atoms with E-state index in [1.54, 1.807) is 0 Å². The maximum absolute atomic E-state index is 12.5. The molecule has 2 aromatic heterocycles. The Bertz CT molecular complexity index is 745. The van der Waals surface area contributed by atoms with Crippen molar-refractivity contribution in [3.8, 4) is 6.01 Å². The Kier molecular flexibility index (Phi) is 4.09. The second kappa shape index (κ2) is 6.07. The number of pyridine rings is 1. The molecule has 0 aromatic carbocycles. The molecule has 0 aliphatic carbocycles. The van der Waals surface area contributed by atoms with Crippen LogP contribution >= 0.6 is 0 Å². The second-order valence-electron chi connectivity index (χ2n) is 5.07. The van der Waals surface area contributed by atoms with Gasteiger partial charge < -0.3 is 19.6 Å². The minimum absolute atomic E-state index is 0.00170. The second-order valence-corrected chi connectivity index (χ2v) is 5.07. The van der Waals surface area contributed by atoms with Crippen LogP contribution in [0.4, 0.5) is 19.0 Å². The Labute approximate surface area is 133 Å².